The maximum absolute atomic E-state index is 12.5. The van der Waals surface area contributed by atoms with Crippen molar-refractivity contribution >= 4 is 23.5 Å². The summed E-state index contributed by atoms with van der Waals surface area (Å²) in [6.07, 6.45) is -5.67. The van der Waals surface area contributed by atoms with Gasteiger partial charge in [-0.25, -0.2) is 15.3 Å². The van der Waals surface area contributed by atoms with Gasteiger partial charge in [-0.05, 0) is 26.0 Å². The largest absolute Gasteiger partial charge is 0.573 e. The van der Waals surface area contributed by atoms with Crippen LogP contribution in [0.3, 0.4) is 0 Å². The van der Waals surface area contributed by atoms with Crippen molar-refractivity contribution in [2.24, 2.45) is 21.5 Å². The van der Waals surface area contributed by atoms with E-state index in [0.29, 0.717) is 0 Å². The van der Waals surface area contributed by atoms with E-state index in [0.717, 1.165) is 6.07 Å². The summed E-state index contributed by atoms with van der Waals surface area (Å²) in [4.78, 5) is 12.9. The van der Waals surface area contributed by atoms with Crippen LogP contribution in [0.2, 0.25) is 5.02 Å². The van der Waals surface area contributed by atoms with Crippen molar-refractivity contribution in [3.8, 4) is 11.5 Å². The number of alkyl halides is 3. The second-order valence-electron chi connectivity index (χ2n) is 5.39. The van der Waals surface area contributed by atoms with Gasteiger partial charge in [0.2, 0.25) is 18.2 Å². The molecule has 152 valence electrons. The van der Waals surface area contributed by atoms with Gasteiger partial charge in [0.25, 0.3) is 0 Å². The van der Waals surface area contributed by atoms with Crippen molar-refractivity contribution in [2.75, 3.05) is 0 Å². The average molecular weight is 412 g/mol. The number of halogens is 4. The number of hydroxylamine groups is 1. The Morgan fingerprint density at radius 3 is 2.48 bits per heavy atom. The lowest BCUT2D eigenvalue weighted by atomic mass is 10.3. The number of ether oxygens (including phenoxy) is 2. The molecule has 0 aliphatic carbocycles. The Kier molecular flexibility index (Phi) is 8.44. The molecule has 0 amide bonds. The quantitative estimate of drug-likeness (QED) is 0.275. The van der Waals surface area contributed by atoms with Gasteiger partial charge in [-0.1, -0.05) is 18.5 Å². The molecule has 1 unspecified atom stereocenters. The van der Waals surface area contributed by atoms with Crippen molar-refractivity contribution in [3.63, 3.8) is 0 Å². The third kappa shape index (κ3) is 9.20. The molecular weight excluding hydrogens is 391 g/mol. The molecule has 1 aromatic carbocycles. The van der Waals surface area contributed by atoms with Crippen LogP contribution in [0.25, 0.3) is 0 Å². The van der Waals surface area contributed by atoms with E-state index in [2.05, 4.69) is 20.2 Å². The van der Waals surface area contributed by atoms with Crippen LogP contribution in [-0.2, 0) is 4.84 Å². The zero-order valence-electron chi connectivity index (χ0n) is 14.9. The molecule has 0 aliphatic rings. The SMILES string of the molecule is CCC(ONC(N)=NC(N)=NC(C)C)Oc1ccc(Cl)cc1OC(F)(F)F. The number of nitrogens with two attached hydrogens (primary N) is 2. The van der Waals surface area contributed by atoms with Gasteiger partial charge in [-0.3, -0.25) is 0 Å². The molecule has 0 radical (unpaired) electrons. The number of benzene rings is 1. The minimum absolute atomic E-state index is 0.0463. The van der Waals surface area contributed by atoms with E-state index >= 15 is 0 Å². The molecule has 1 atom stereocenters. The zero-order valence-corrected chi connectivity index (χ0v) is 15.6. The number of hydrogen-bond donors (Lipinski definition) is 3. The summed E-state index contributed by atoms with van der Waals surface area (Å²) in [6, 6.07) is 3.47. The first-order valence-electron chi connectivity index (χ1n) is 7.81. The van der Waals surface area contributed by atoms with E-state index in [1.54, 1.807) is 20.8 Å². The lowest BCUT2D eigenvalue weighted by Gasteiger charge is -2.20. The van der Waals surface area contributed by atoms with Gasteiger partial charge >= 0.3 is 6.36 Å². The van der Waals surface area contributed by atoms with Crippen LogP contribution in [0, 0.1) is 0 Å². The molecular formula is C15H21ClF3N5O3. The molecule has 1 rings (SSSR count). The highest BCUT2D eigenvalue weighted by molar-refractivity contribution is 6.30. The third-order valence-electron chi connectivity index (χ3n) is 2.64. The molecule has 0 aliphatic heterocycles. The number of guanidine groups is 2. The van der Waals surface area contributed by atoms with Gasteiger partial charge < -0.3 is 20.9 Å². The van der Waals surface area contributed by atoms with Gasteiger partial charge in [0.15, 0.2) is 11.5 Å². The Morgan fingerprint density at radius 2 is 1.93 bits per heavy atom. The second-order valence-corrected chi connectivity index (χ2v) is 5.83. The second kappa shape index (κ2) is 10.1. The first-order valence-corrected chi connectivity index (χ1v) is 8.19. The predicted octanol–water partition coefficient (Wildman–Crippen LogP) is 2.91. The van der Waals surface area contributed by atoms with E-state index in [4.69, 9.17) is 32.6 Å². The number of aliphatic imine (C=N–C) groups is 2. The fourth-order valence-corrected chi connectivity index (χ4v) is 1.84. The number of hydrogen-bond acceptors (Lipinski definition) is 4. The Hall–Kier alpha value is -2.40. The monoisotopic (exact) mass is 411 g/mol. The normalized spacial score (nSPS) is 14.2. The third-order valence-corrected chi connectivity index (χ3v) is 2.88. The van der Waals surface area contributed by atoms with Gasteiger partial charge in [0.05, 0.1) is 0 Å². The van der Waals surface area contributed by atoms with Crippen LogP contribution in [0.1, 0.15) is 27.2 Å². The number of nitrogens with one attached hydrogen (secondary N) is 1. The first kappa shape index (κ1) is 22.6. The molecule has 8 nitrogen and oxygen atoms in total. The predicted molar refractivity (Wildman–Crippen MR) is 95.4 cm³/mol. The summed E-state index contributed by atoms with van der Waals surface area (Å²) in [5, 5.41) is 0.0463. The molecule has 0 aromatic heterocycles. The van der Waals surface area contributed by atoms with Crippen molar-refractivity contribution in [1.29, 1.82) is 0 Å². The van der Waals surface area contributed by atoms with Crippen LogP contribution in [0.4, 0.5) is 13.2 Å². The van der Waals surface area contributed by atoms with E-state index in [9.17, 15) is 13.2 Å². The number of nitrogens with zero attached hydrogens (tertiary/aromatic N) is 2. The lowest BCUT2D eigenvalue weighted by Crippen LogP contribution is -2.38. The van der Waals surface area contributed by atoms with Crippen LogP contribution in [-0.4, -0.2) is 30.6 Å². The van der Waals surface area contributed by atoms with E-state index < -0.39 is 18.4 Å². The summed E-state index contributed by atoms with van der Waals surface area (Å²) < 4.78 is 46.8. The summed E-state index contributed by atoms with van der Waals surface area (Å²) in [6.45, 7) is 5.28. The van der Waals surface area contributed by atoms with Crippen LogP contribution in [0.5, 0.6) is 11.5 Å². The van der Waals surface area contributed by atoms with Crippen molar-refractivity contribution < 1.29 is 27.5 Å². The van der Waals surface area contributed by atoms with Gasteiger partial charge in [0.1, 0.15) is 0 Å². The Balaban J connectivity index is 2.80. The Morgan fingerprint density at radius 1 is 1.26 bits per heavy atom. The molecule has 27 heavy (non-hydrogen) atoms. The van der Waals surface area contributed by atoms with E-state index in [1.165, 1.54) is 12.1 Å². The van der Waals surface area contributed by atoms with Crippen molar-refractivity contribution in [3.05, 3.63) is 23.2 Å². The Bertz CT molecular complexity index is 683. The van der Waals surface area contributed by atoms with Crippen LogP contribution < -0.4 is 26.4 Å². The standard InChI is InChI=1S/C15H21ClF3N5O3/c1-4-12(27-24-14(21)23-13(20)22-8(2)3)25-10-6-5-9(16)7-11(10)26-15(17,18)19/h5-8,12H,4H2,1-3H3,(H5,20,21,22,23,24). The van der Waals surface area contributed by atoms with E-state index in [1.807, 2.05) is 0 Å². The molecule has 1 aromatic rings. The summed E-state index contributed by atoms with van der Waals surface area (Å²) in [5.74, 6) is -1.10. The minimum atomic E-state index is -4.91. The highest BCUT2D eigenvalue weighted by atomic mass is 35.5. The molecule has 0 heterocycles. The lowest BCUT2D eigenvalue weighted by molar-refractivity contribution is -0.275. The molecule has 0 saturated carbocycles. The van der Waals surface area contributed by atoms with Crippen LogP contribution >= 0.6 is 11.6 Å². The fraction of sp³-hybridized carbons (Fsp3) is 0.467. The molecule has 0 spiro atoms. The summed E-state index contributed by atoms with van der Waals surface area (Å²) in [5.41, 5.74) is 13.4. The topological polar surface area (TPSA) is 116 Å². The van der Waals surface area contributed by atoms with Gasteiger partial charge in [-0.2, -0.15) is 4.99 Å². The highest BCUT2D eigenvalue weighted by Crippen LogP contribution is 2.35. The maximum Gasteiger partial charge on any atom is 0.573 e. The first-order chi connectivity index (χ1) is 12.5. The summed E-state index contributed by atoms with van der Waals surface area (Å²) >= 11 is 5.70. The Labute approximate surface area is 159 Å². The fourth-order valence-electron chi connectivity index (χ4n) is 1.68. The minimum Gasteiger partial charge on any atom is -0.459 e. The molecule has 12 heteroatoms. The highest BCUT2D eigenvalue weighted by Gasteiger charge is 2.33. The smallest absolute Gasteiger partial charge is 0.459 e. The molecule has 0 bridgehead atoms. The van der Waals surface area contributed by atoms with Gasteiger partial charge in [-0.15, -0.1) is 13.2 Å². The number of rotatable bonds is 7. The van der Waals surface area contributed by atoms with Gasteiger partial charge in [0, 0.05) is 23.6 Å². The maximum atomic E-state index is 12.5. The molecule has 0 fully saturated rings. The van der Waals surface area contributed by atoms with E-state index in [-0.39, 0.29) is 35.2 Å². The van der Waals surface area contributed by atoms with Crippen molar-refractivity contribution in [2.45, 2.75) is 45.9 Å². The average Bonchev–Trinajstić information content (AvgIpc) is 2.50. The summed E-state index contributed by atoms with van der Waals surface area (Å²) in [7, 11) is 0. The van der Waals surface area contributed by atoms with Crippen LogP contribution in [0.15, 0.2) is 28.2 Å². The zero-order chi connectivity index (χ0) is 20.6. The van der Waals surface area contributed by atoms with Crippen molar-refractivity contribution in [1.82, 2.24) is 5.48 Å². The molecule has 5 N–H and O–H groups in total. The molecule has 0 saturated heterocycles.